The minimum atomic E-state index is 0.0225. The zero-order chi connectivity index (χ0) is 19.5. The van der Waals surface area contributed by atoms with Crippen molar-refractivity contribution in [3.05, 3.63) is 82.1 Å². The fourth-order valence-corrected chi connectivity index (χ4v) is 4.24. The summed E-state index contributed by atoms with van der Waals surface area (Å²) in [7, 11) is 1.82. The van der Waals surface area contributed by atoms with Gasteiger partial charge >= 0.3 is 0 Å². The van der Waals surface area contributed by atoms with Crippen molar-refractivity contribution in [3.63, 3.8) is 0 Å². The number of anilines is 1. The number of ether oxygens (including phenoxy) is 1. The van der Waals surface area contributed by atoms with Crippen LogP contribution in [-0.2, 0) is 19.6 Å². The molecule has 2 heterocycles. The number of benzene rings is 2. The Morgan fingerprint density at radius 2 is 1.86 bits per heavy atom. The molecular weight excluding hydrogens is 416 g/mol. The van der Waals surface area contributed by atoms with Gasteiger partial charge in [0, 0.05) is 25.0 Å². The molecule has 0 saturated heterocycles. The number of amides is 1. The summed E-state index contributed by atoms with van der Waals surface area (Å²) in [6, 6.07) is 19.7. The lowest BCUT2D eigenvalue weighted by molar-refractivity contribution is 0.0991. The minimum absolute atomic E-state index is 0.0225. The van der Waals surface area contributed by atoms with Gasteiger partial charge in [0.25, 0.3) is 5.91 Å². The molecule has 0 aliphatic carbocycles. The molecule has 0 unspecified atom stereocenters. The zero-order valence-electron chi connectivity index (χ0n) is 15.9. The second-order valence-corrected chi connectivity index (χ2v) is 7.88. The number of carbonyl (C=O) groups excluding carboxylic acids is 1. The lowest BCUT2D eigenvalue weighted by Gasteiger charge is -2.21. The molecular formula is C23H23BrN2O2. The number of halogens is 1. The van der Waals surface area contributed by atoms with E-state index in [-0.39, 0.29) is 5.91 Å². The summed E-state index contributed by atoms with van der Waals surface area (Å²) in [5.41, 5.74) is 3.91. The van der Waals surface area contributed by atoms with Crippen LogP contribution in [0.15, 0.2) is 65.3 Å². The van der Waals surface area contributed by atoms with Gasteiger partial charge in [-0.1, -0.05) is 30.3 Å². The summed E-state index contributed by atoms with van der Waals surface area (Å²) in [5.74, 6) is 0.812. The second-order valence-electron chi connectivity index (χ2n) is 7.07. The van der Waals surface area contributed by atoms with Crippen LogP contribution in [0, 0.1) is 0 Å². The molecule has 1 aliphatic rings. The number of hydrogen-bond acceptors (Lipinski definition) is 2. The predicted octanol–water partition coefficient (Wildman–Crippen LogP) is 5.44. The largest absolute Gasteiger partial charge is 0.489 e. The third kappa shape index (κ3) is 3.85. The Bertz CT molecular complexity index is 964. The van der Waals surface area contributed by atoms with E-state index in [1.807, 2.05) is 67.7 Å². The van der Waals surface area contributed by atoms with Crippen molar-refractivity contribution in [2.45, 2.75) is 32.4 Å². The molecule has 0 radical (unpaired) electrons. The molecule has 0 bridgehead atoms. The molecule has 1 aromatic heterocycles. The van der Waals surface area contributed by atoms with Gasteiger partial charge in [0.15, 0.2) is 0 Å². The van der Waals surface area contributed by atoms with Gasteiger partial charge in [0.2, 0.25) is 0 Å². The summed E-state index contributed by atoms with van der Waals surface area (Å²) in [4.78, 5) is 14.8. The van der Waals surface area contributed by atoms with E-state index in [1.165, 1.54) is 0 Å². The number of nitrogens with zero attached hydrogens (tertiary/aromatic N) is 2. The maximum Gasteiger partial charge on any atom is 0.259 e. The smallest absolute Gasteiger partial charge is 0.259 e. The molecule has 0 spiro atoms. The van der Waals surface area contributed by atoms with E-state index >= 15 is 0 Å². The topological polar surface area (TPSA) is 34.5 Å². The first kappa shape index (κ1) is 18.8. The van der Waals surface area contributed by atoms with Crippen molar-refractivity contribution in [2.75, 3.05) is 11.9 Å². The highest BCUT2D eigenvalue weighted by Crippen LogP contribution is 2.29. The third-order valence-electron chi connectivity index (χ3n) is 5.21. The van der Waals surface area contributed by atoms with Crippen LogP contribution in [0.1, 0.15) is 34.5 Å². The first-order valence-electron chi connectivity index (χ1n) is 9.56. The number of hydrogen-bond donors (Lipinski definition) is 0. The van der Waals surface area contributed by atoms with Gasteiger partial charge in [-0.15, -0.1) is 0 Å². The van der Waals surface area contributed by atoms with Crippen LogP contribution in [0.4, 0.5) is 5.69 Å². The molecule has 0 N–H and O–H groups in total. The standard InChI is InChI=1S/C23H23BrN2O2/c1-25(23(27)20-15-22(24)26-14-6-5-9-21(20)26)18-10-12-19(13-11-18)28-16-17-7-3-2-4-8-17/h2-4,7-8,10-13,15H,5-6,9,14,16H2,1H3. The highest BCUT2D eigenvalue weighted by molar-refractivity contribution is 9.10. The first-order valence-corrected chi connectivity index (χ1v) is 10.4. The average molecular weight is 439 g/mol. The Labute approximate surface area is 173 Å². The fraction of sp³-hybridized carbons (Fsp3) is 0.261. The Morgan fingerprint density at radius 3 is 2.61 bits per heavy atom. The second kappa shape index (κ2) is 8.23. The van der Waals surface area contributed by atoms with Crippen molar-refractivity contribution in [3.8, 4) is 5.75 Å². The maximum atomic E-state index is 13.1. The van der Waals surface area contributed by atoms with Crippen LogP contribution >= 0.6 is 15.9 Å². The molecule has 2 aromatic carbocycles. The molecule has 3 aromatic rings. The van der Waals surface area contributed by atoms with Crippen LogP contribution in [-0.4, -0.2) is 17.5 Å². The number of aromatic nitrogens is 1. The molecule has 28 heavy (non-hydrogen) atoms. The molecule has 0 fully saturated rings. The highest BCUT2D eigenvalue weighted by atomic mass is 79.9. The minimum Gasteiger partial charge on any atom is -0.489 e. The Hall–Kier alpha value is -2.53. The van der Waals surface area contributed by atoms with Crippen LogP contribution < -0.4 is 9.64 Å². The summed E-state index contributed by atoms with van der Waals surface area (Å²) >= 11 is 3.60. The van der Waals surface area contributed by atoms with Gasteiger partial charge in [0.1, 0.15) is 12.4 Å². The van der Waals surface area contributed by atoms with Crippen molar-refractivity contribution >= 4 is 27.5 Å². The molecule has 0 saturated carbocycles. The van der Waals surface area contributed by atoms with Crippen LogP contribution in [0.2, 0.25) is 0 Å². The van der Waals surface area contributed by atoms with E-state index in [1.54, 1.807) is 4.90 Å². The Kier molecular flexibility index (Phi) is 5.53. The number of fused-ring (bicyclic) bond motifs is 1. The van der Waals surface area contributed by atoms with E-state index < -0.39 is 0 Å². The van der Waals surface area contributed by atoms with Gasteiger partial charge in [0.05, 0.1) is 10.2 Å². The lowest BCUT2D eigenvalue weighted by atomic mass is 10.1. The lowest BCUT2D eigenvalue weighted by Crippen LogP contribution is -2.27. The quantitative estimate of drug-likeness (QED) is 0.531. The van der Waals surface area contributed by atoms with E-state index in [0.717, 1.165) is 58.7 Å². The zero-order valence-corrected chi connectivity index (χ0v) is 17.5. The van der Waals surface area contributed by atoms with Crippen molar-refractivity contribution in [1.29, 1.82) is 0 Å². The Morgan fingerprint density at radius 1 is 1.11 bits per heavy atom. The van der Waals surface area contributed by atoms with Crippen molar-refractivity contribution < 1.29 is 9.53 Å². The molecule has 4 nitrogen and oxygen atoms in total. The molecule has 1 aliphatic heterocycles. The van der Waals surface area contributed by atoms with Crippen molar-refractivity contribution in [1.82, 2.24) is 4.57 Å². The monoisotopic (exact) mass is 438 g/mol. The van der Waals surface area contributed by atoms with Gasteiger partial charge < -0.3 is 14.2 Å². The van der Waals surface area contributed by atoms with Crippen LogP contribution in [0.5, 0.6) is 5.75 Å². The van der Waals surface area contributed by atoms with E-state index in [4.69, 9.17) is 4.74 Å². The normalized spacial score (nSPS) is 13.1. The number of carbonyl (C=O) groups is 1. The maximum absolute atomic E-state index is 13.1. The van der Waals surface area contributed by atoms with Crippen LogP contribution in [0.25, 0.3) is 0 Å². The SMILES string of the molecule is CN(C(=O)c1cc(Br)n2c1CCCC2)c1ccc(OCc2ccccc2)cc1. The third-order valence-corrected chi connectivity index (χ3v) is 5.87. The van der Waals surface area contributed by atoms with E-state index in [2.05, 4.69) is 20.5 Å². The average Bonchev–Trinajstić information content (AvgIpc) is 3.09. The van der Waals surface area contributed by atoms with Crippen LogP contribution in [0.3, 0.4) is 0 Å². The van der Waals surface area contributed by atoms with E-state index in [0.29, 0.717) is 6.61 Å². The molecule has 1 amide bonds. The van der Waals surface area contributed by atoms with Crippen molar-refractivity contribution in [2.24, 2.45) is 0 Å². The fourth-order valence-electron chi connectivity index (χ4n) is 3.62. The van der Waals surface area contributed by atoms with Gasteiger partial charge in [-0.05, 0) is 71.1 Å². The summed E-state index contributed by atoms with van der Waals surface area (Å²) < 4.78 is 9.04. The predicted molar refractivity (Wildman–Crippen MR) is 115 cm³/mol. The molecule has 144 valence electrons. The summed E-state index contributed by atoms with van der Waals surface area (Å²) in [6.45, 7) is 1.50. The summed E-state index contributed by atoms with van der Waals surface area (Å²) in [6.07, 6.45) is 3.24. The van der Waals surface area contributed by atoms with Gasteiger partial charge in [-0.2, -0.15) is 0 Å². The molecule has 0 atom stereocenters. The number of rotatable bonds is 5. The Balaban J connectivity index is 1.46. The first-order chi connectivity index (χ1) is 13.6. The molecule has 4 rings (SSSR count). The molecule has 5 heteroatoms. The highest BCUT2D eigenvalue weighted by Gasteiger charge is 2.24. The van der Waals surface area contributed by atoms with Gasteiger partial charge in [-0.3, -0.25) is 4.79 Å². The van der Waals surface area contributed by atoms with E-state index in [9.17, 15) is 4.79 Å². The van der Waals surface area contributed by atoms with Gasteiger partial charge in [-0.25, -0.2) is 0 Å². The summed E-state index contributed by atoms with van der Waals surface area (Å²) in [5, 5.41) is 0.